The van der Waals surface area contributed by atoms with Gasteiger partial charge in [0.2, 0.25) is 0 Å². The molecule has 2 nitrogen and oxygen atoms in total. The molecule has 1 aliphatic rings. The molecule has 1 aliphatic carbocycles. The van der Waals surface area contributed by atoms with E-state index >= 15 is 0 Å². The molecule has 0 aromatic heterocycles. The van der Waals surface area contributed by atoms with Crippen molar-refractivity contribution in [2.24, 2.45) is 0 Å². The van der Waals surface area contributed by atoms with Gasteiger partial charge >= 0.3 is 0 Å². The molecule has 1 saturated carbocycles. The third-order valence-corrected chi connectivity index (χ3v) is 5.03. The first-order chi connectivity index (χ1) is 8.63. The SMILES string of the molecule is CSC1CCCC1NCC(C)(O)c1ccccc1. The smallest absolute Gasteiger partial charge is 0.0992 e. The molecule has 0 radical (unpaired) electrons. The van der Waals surface area contributed by atoms with Gasteiger partial charge in [0.25, 0.3) is 0 Å². The van der Waals surface area contributed by atoms with Gasteiger partial charge in [-0.1, -0.05) is 36.8 Å². The van der Waals surface area contributed by atoms with Crippen LogP contribution >= 0.6 is 11.8 Å². The van der Waals surface area contributed by atoms with E-state index < -0.39 is 5.60 Å². The lowest BCUT2D eigenvalue weighted by Gasteiger charge is -2.28. The molecular formula is C15H23NOS. The topological polar surface area (TPSA) is 32.3 Å². The van der Waals surface area contributed by atoms with E-state index in [1.807, 2.05) is 49.0 Å². The number of nitrogens with one attached hydrogen (secondary N) is 1. The highest BCUT2D eigenvalue weighted by atomic mass is 32.2. The van der Waals surface area contributed by atoms with Gasteiger partial charge in [-0.05, 0) is 31.6 Å². The van der Waals surface area contributed by atoms with E-state index in [2.05, 4.69) is 11.6 Å². The minimum atomic E-state index is -0.785. The van der Waals surface area contributed by atoms with E-state index in [4.69, 9.17) is 0 Å². The monoisotopic (exact) mass is 265 g/mol. The Balaban J connectivity index is 1.93. The maximum atomic E-state index is 10.5. The van der Waals surface area contributed by atoms with Gasteiger partial charge in [-0.25, -0.2) is 0 Å². The van der Waals surface area contributed by atoms with Crippen molar-refractivity contribution in [2.75, 3.05) is 12.8 Å². The average molecular weight is 265 g/mol. The summed E-state index contributed by atoms with van der Waals surface area (Å²) in [5.41, 5.74) is 0.198. The van der Waals surface area contributed by atoms with Crippen LogP contribution in [0.15, 0.2) is 30.3 Å². The van der Waals surface area contributed by atoms with Gasteiger partial charge in [0, 0.05) is 17.8 Å². The van der Waals surface area contributed by atoms with Crippen molar-refractivity contribution >= 4 is 11.8 Å². The minimum Gasteiger partial charge on any atom is -0.384 e. The fraction of sp³-hybridized carbons (Fsp3) is 0.600. The molecule has 0 spiro atoms. The van der Waals surface area contributed by atoms with Gasteiger partial charge in [0.1, 0.15) is 0 Å². The van der Waals surface area contributed by atoms with Crippen LogP contribution in [0.1, 0.15) is 31.7 Å². The van der Waals surface area contributed by atoms with E-state index in [1.54, 1.807) is 0 Å². The summed E-state index contributed by atoms with van der Waals surface area (Å²) >= 11 is 1.94. The number of benzene rings is 1. The molecule has 1 fully saturated rings. The Morgan fingerprint density at radius 2 is 2.06 bits per heavy atom. The molecule has 18 heavy (non-hydrogen) atoms. The highest BCUT2D eigenvalue weighted by molar-refractivity contribution is 7.99. The van der Waals surface area contributed by atoms with Crippen LogP contribution in [-0.4, -0.2) is 29.2 Å². The summed E-state index contributed by atoms with van der Waals surface area (Å²) in [6, 6.07) is 10.5. The van der Waals surface area contributed by atoms with E-state index in [9.17, 15) is 5.11 Å². The molecule has 1 aromatic carbocycles. The van der Waals surface area contributed by atoms with Crippen molar-refractivity contribution in [3.8, 4) is 0 Å². The summed E-state index contributed by atoms with van der Waals surface area (Å²) in [6.07, 6.45) is 6.01. The second-order valence-electron chi connectivity index (χ2n) is 5.33. The summed E-state index contributed by atoms with van der Waals surface area (Å²) in [5, 5.41) is 14.8. The van der Waals surface area contributed by atoms with Crippen molar-refractivity contribution in [1.82, 2.24) is 5.32 Å². The van der Waals surface area contributed by atoms with Gasteiger partial charge < -0.3 is 10.4 Å². The summed E-state index contributed by atoms with van der Waals surface area (Å²) in [4.78, 5) is 0. The number of rotatable bonds is 5. The van der Waals surface area contributed by atoms with Gasteiger partial charge in [-0.2, -0.15) is 11.8 Å². The number of hydrogen-bond donors (Lipinski definition) is 2. The van der Waals surface area contributed by atoms with Crippen molar-refractivity contribution in [1.29, 1.82) is 0 Å². The molecule has 0 bridgehead atoms. The second-order valence-corrected chi connectivity index (χ2v) is 6.41. The van der Waals surface area contributed by atoms with Crippen LogP contribution in [0.25, 0.3) is 0 Å². The number of hydrogen-bond acceptors (Lipinski definition) is 3. The lowest BCUT2D eigenvalue weighted by Crippen LogP contribution is -2.43. The van der Waals surface area contributed by atoms with E-state index in [-0.39, 0.29) is 0 Å². The van der Waals surface area contributed by atoms with Gasteiger partial charge in [-0.15, -0.1) is 0 Å². The van der Waals surface area contributed by atoms with Crippen LogP contribution in [0, 0.1) is 0 Å². The van der Waals surface area contributed by atoms with Crippen molar-refractivity contribution in [3.63, 3.8) is 0 Å². The van der Waals surface area contributed by atoms with Crippen LogP contribution in [-0.2, 0) is 5.60 Å². The Bertz CT molecular complexity index is 366. The van der Waals surface area contributed by atoms with Gasteiger partial charge in [0.15, 0.2) is 0 Å². The molecular weight excluding hydrogens is 242 g/mol. The van der Waals surface area contributed by atoms with Crippen molar-refractivity contribution in [3.05, 3.63) is 35.9 Å². The predicted molar refractivity (Wildman–Crippen MR) is 79.0 cm³/mol. The zero-order valence-electron chi connectivity index (χ0n) is 11.2. The molecule has 3 unspecified atom stereocenters. The molecule has 3 heteroatoms. The van der Waals surface area contributed by atoms with Crippen LogP contribution in [0.3, 0.4) is 0 Å². The van der Waals surface area contributed by atoms with E-state index in [0.717, 1.165) is 5.56 Å². The van der Waals surface area contributed by atoms with Crippen molar-refractivity contribution in [2.45, 2.75) is 43.1 Å². The maximum Gasteiger partial charge on any atom is 0.0992 e. The van der Waals surface area contributed by atoms with Crippen LogP contribution in [0.4, 0.5) is 0 Å². The Morgan fingerprint density at radius 3 is 2.72 bits per heavy atom. The summed E-state index contributed by atoms with van der Waals surface area (Å²) < 4.78 is 0. The highest BCUT2D eigenvalue weighted by Crippen LogP contribution is 2.29. The highest BCUT2D eigenvalue weighted by Gasteiger charge is 2.29. The molecule has 2 rings (SSSR count). The maximum absolute atomic E-state index is 10.5. The molecule has 0 heterocycles. The Morgan fingerprint density at radius 1 is 1.33 bits per heavy atom. The molecule has 0 saturated heterocycles. The first-order valence-electron chi connectivity index (χ1n) is 6.67. The molecule has 1 aromatic rings. The van der Waals surface area contributed by atoms with Crippen LogP contribution in [0.2, 0.25) is 0 Å². The minimum absolute atomic E-state index is 0.551. The predicted octanol–water partition coefficient (Wildman–Crippen LogP) is 2.77. The standard InChI is InChI=1S/C15H23NOS/c1-15(17,12-7-4-3-5-8-12)11-16-13-9-6-10-14(13)18-2/h3-5,7-8,13-14,16-17H,6,9-11H2,1-2H3. The molecule has 2 N–H and O–H groups in total. The van der Waals surface area contributed by atoms with Crippen LogP contribution in [0.5, 0.6) is 0 Å². The third-order valence-electron chi connectivity index (χ3n) is 3.86. The van der Waals surface area contributed by atoms with Crippen LogP contribution < -0.4 is 5.32 Å². The molecule has 0 aliphatic heterocycles. The van der Waals surface area contributed by atoms with Crippen molar-refractivity contribution < 1.29 is 5.11 Å². The van der Waals surface area contributed by atoms with Gasteiger partial charge in [0.05, 0.1) is 5.60 Å². The number of thioether (sulfide) groups is 1. The lowest BCUT2D eigenvalue weighted by atomic mass is 9.96. The normalized spacial score (nSPS) is 27.1. The van der Waals surface area contributed by atoms with Gasteiger partial charge in [-0.3, -0.25) is 0 Å². The molecule has 100 valence electrons. The van der Waals surface area contributed by atoms with E-state index in [1.165, 1.54) is 19.3 Å². The Hall–Kier alpha value is -0.510. The lowest BCUT2D eigenvalue weighted by molar-refractivity contribution is 0.0542. The fourth-order valence-electron chi connectivity index (χ4n) is 2.67. The number of aliphatic hydroxyl groups is 1. The van der Waals surface area contributed by atoms with E-state index in [0.29, 0.717) is 17.8 Å². The Labute approximate surface area is 114 Å². The zero-order chi connectivity index (χ0) is 13.0. The largest absolute Gasteiger partial charge is 0.384 e. The average Bonchev–Trinajstić information content (AvgIpc) is 2.85. The second kappa shape index (κ2) is 6.09. The summed E-state index contributed by atoms with van der Waals surface area (Å²) in [6.45, 7) is 2.51. The summed E-state index contributed by atoms with van der Waals surface area (Å²) in [5.74, 6) is 0. The first-order valence-corrected chi connectivity index (χ1v) is 7.96. The quantitative estimate of drug-likeness (QED) is 0.858. The third kappa shape index (κ3) is 3.28. The zero-order valence-corrected chi connectivity index (χ0v) is 12.0. The molecule has 0 amide bonds. The fourth-order valence-corrected chi connectivity index (χ4v) is 3.63. The first kappa shape index (κ1) is 13.9. The summed E-state index contributed by atoms with van der Waals surface area (Å²) in [7, 11) is 0. The Kier molecular flexibility index (Phi) is 4.71. The molecule has 3 atom stereocenters.